The van der Waals surface area contributed by atoms with Crippen LogP contribution in [0.3, 0.4) is 0 Å². The highest BCUT2D eigenvalue weighted by Gasteiger charge is 2.60. The molecule has 4 aliphatic rings. The lowest BCUT2D eigenvalue weighted by Gasteiger charge is -2.61. The summed E-state index contributed by atoms with van der Waals surface area (Å²) in [5, 5.41) is 9.13. The summed E-state index contributed by atoms with van der Waals surface area (Å²) in [5.74, 6) is 3.60. The van der Waals surface area contributed by atoms with Crippen molar-refractivity contribution in [3.63, 3.8) is 0 Å². The van der Waals surface area contributed by atoms with Crippen LogP contribution in [0.25, 0.3) is 0 Å². The Balaban J connectivity index is 1.47. The van der Waals surface area contributed by atoms with Gasteiger partial charge in [-0.1, -0.05) is 20.8 Å². The predicted molar refractivity (Wildman–Crippen MR) is 117 cm³/mol. The Labute approximate surface area is 182 Å². The van der Waals surface area contributed by atoms with Gasteiger partial charge in [-0.3, -0.25) is 9.59 Å². The second-order valence-electron chi connectivity index (χ2n) is 11.8. The van der Waals surface area contributed by atoms with Gasteiger partial charge >= 0.3 is 11.9 Å². The maximum absolute atomic E-state index is 11.5. The number of hydrogen-bond acceptors (Lipinski definition) is 3. The molecule has 0 heterocycles. The first kappa shape index (κ1) is 22.1. The summed E-state index contributed by atoms with van der Waals surface area (Å²) < 4.78 is 5.61. The first-order chi connectivity index (χ1) is 14.1. The molecule has 4 rings (SSSR count). The second kappa shape index (κ2) is 8.13. The zero-order chi connectivity index (χ0) is 21.7. The van der Waals surface area contributed by atoms with Crippen molar-refractivity contribution in [3.05, 3.63) is 0 Å². The smallest absolute Gasteiger partial charge is 0.303 e. The second-order valence-corrected chi connectivity index (χ2v) is 11.8. The van der Waals surface area contributed by atoms with Crippen molar-refractivity contribution in [2.24, 2.45) is 46.3 Å². The van der Waals surface area contributed by atoms with Crippen molar-refractivity contribution in [2.45, 2.75) is 104 Å². The molecule has 4 fully saturated rings. The molecule has 0 spiro atoms. The summed E-state index contributed by atoms with van der Waals surface area (Å²) in [4.78, 5) is 22.5. The van der Waals surface area contributed by atoms with E-state index in [1.54, 1.807) is 6.92 Å². The molecule has 4 nitrogen and oxygen atoms in total. The highest BCUT2D eigenvalue weighted by molar-refractivity contribution is 5.66. The van der Waals surface area contributed by atoms with E-state index in [1.165, 1.54) is 44.9 Å². The Morgan fingerprint density at radius 3 is 2.40 bits per heavy atom. The number of carbonyl (C=O) groups excluding carboxylic acids is 1. The number of rotatable bonds is 5. The quantitative estimate of drug-likeness (QED) is 0.550. The van der Waals surface area contributed by atoms with Gasteiger partial charge in [0.05, 0.1) is 0 Å². The lowest BCUT2D eigenvalue weighted by molar-refractivity contribution is -0.160. The van der Waals surface area contributed by atoms with Crippen molar-refractivity contribution < 1.29 is 19.4 Å². The van der Waals surface area contributed by atoms with Crippen LogP contribution in [-0.2, 0) is 14.3 Å². The van der Waals surface area contributed by atoms with Gasteiger partial charge in [0.2, 0.25) is 0 Å². The monoisotopic (exact) mass is 418 g/mol. The number of carbonyl (C=O) groups is 2. The van der Waals surface area contributed by atoms with Gasteiger partial charge in [0.25, 0.3) is 0 Å². The van der Waals surface area contributed by atoms with Gasteiger partial charge in [0, 0.05) is 13.3 Å². The third kappa shape index (κ3) is 3.71. The Hall–Kier alpha value is -1.06. The Kier molecular flexibility index (Phi) is 6.00. The summed E-state index contributed by atoms with van der Waals surface area (Å²) in [7, 11) is 0. The molecule has 4 saturated carbocycles. The maximum Gasteiger partial charge on any atom is 0.303 e. The van der Waals surface area contributed by atoms with Gasteiger partial charge in [-0.2, -0.15) is 0 Å². The average Bonchev–Trinajstić information content (AvgIpc) is 3.03. The minimum atomic E-state index is -0.652. The van der Waals surface area contributed by atoms with E-state index in [9.17, 15) is 9.59 Å². The van der Waals surface area contributed by atoms with Crippen LogP contribution in [-0.4, -0.2) is 23.1 Å². The Morgan fingerprint density at radius 1 is 1.00 bits per heavy atom. The summed E-state index contributed by atoms with van der Waals surface area (Å²) >= 11 is 0. The van der Waals surface area contributed by atoms with E-state index in [0.717, 1.165) is 37.0 Å². The fourth-order valence-corrected chi connectivity index (χ4v) is 9.09. The molecule has 9 atom stereocenters. The van der Waals surface area contributed by atoms with Crippen LogP contribution < -0.4 is 0 Å². The Morgan fingerprint density at radius 2 is 1.70 bits per heavy atom. The van der Waals surface area contributed by atoms with E-state index in [0.29, 0.717) is 35.0 Å². The number of ether oxygens (including phenoxy) is 1. The molecule has 0 aromatic rings. The zero-order valence-corrected chi connectivity index (χ0v) is 19.5. The molecule has 0 aliphatic heterocycles. The van der Waals surface area contributed by atoms with Crippen LogP contribution in [0.4, 0.5) is 0 Å². The normalized spacial score (nSPS) is 46.3. The van der Waals surface area contributed by atoms with Crippen LogP contribution in [0.1, 0.15) is 98.3 Å². The minimum absolute atomic E-state index is 0.125. The number of carboxylic acids is 1. The van der Waals surface area contributed by atoms with Gasteiger partial charge in [-0.05, 0) is 111 Å². The molecule has 30 heavy (non-hydrogen) atoms. The van der Waals surface area contributed by atoms with E-state index in [1.807, 2.05) is 0 Å². The van der Waals surface area contributed by atoms with Gasteiger partial charge < -0.3 is 9.84 Å². The molecule has 0 aromatic carbocycles. The summed E-state index contributed by atoms with van der Waals surface area (Å²) in [6.45, 7) is 8.96. The highest BCUT2D eigenvalue weighted by Crippen LogP contribution is 2.68. The summed E-state index contributed by atoms with van der Waals surface area (Å²) in [6, 6.07) is 0. The van der Waals surface area contributed by atoms with Gasteiger partial charge in [0.1, 0.15) is 6.10 Å². The lowest BCUT2D eigenvalue weighted by Crippen LogP contribution is -2.54. The van der Waals surface area contributed by atoms with Crippen molar-refractivity contribution in [1.29, 1.82) is 0 Å². The largest absolute Gasteiger partial charge is 0.481 e. The molecule has 0 saturated heterocycles. The molecule has 6 unspecified atom stereocenters. The third-order valence-electron chi connectivity index (χ3n) is 10.5. The first-order valence-electron chi connectivity index (χ1n) is 12.5. The van der Waals surface area contributed by atoms with E-state index < -0.39 is 5.97 Å². The topological polar surface area (TPSA) is 63.6 Å². The van der Waals surface area contributed by atoms with Gasteiger partial charge in [-0.15, -0.1) is 0 Å². The molecular weight excluding hydrogens is 376 g/mol. The van der Waals surface area contributed by atoms with Crippen molar-refractivity contribution in [1.82, 2.24) is 0 Å². The number of hydrogen-bond donors (Lipinski definition) is 1. The van der Waals surface area contributed by atoms with Crippen molar-refractivity contribution in [3.8, 4) is 0 Å². The minimum Gasteiger partial charge on any atom is -0.481 e. The maximum atomic E-state index is 11.5. The van der Waals surface area contributed by atoms with E-state index in [4.69, 9.17) is 9.84 Å². The fraction of sp³-hybridized carbons (Fsp3) is 0.923. The molecule has 170 valence electrons. The van der Waals surface area contributed by atoms with Gasteiger partial charge in [0.15, 0.2) is 0 Å². The van der Waals surface area contributed by atoms with Crippen LogP contribution in [0.5, 0.6) is 0 Å². The molecule has 0 amide bonds. The van der Waals surface area contributed by atoms with Crippen molar-refractivity contribution >= 4 is 11.9 Å². The molecule has 1 N–H and O–H groups in total. The highest BCUT2D eigenvalue weighted by atomic mass is 16.5. The van der Waals surface area contributed by atoms with Crippen molar-refractivity contribution in [2.75, 3.05) is 0 Å². The number of carboxylic acid groups (broad SMARTS) is 1. The lowest BCUT2D eigenvalue weighted by atomic mass is 9.44. The SMILES string of the molecule is CC(=O)OC1CC[C@]2(C)C3CC[C@]4(C)C(C(C)CCC(=O)O)CCC4C3CC[C@@H]2C1. The van der Waals surface area contributed by atoms with Gasteiger partial charge in [-0.25, -0.2) is 0 Å². The number of esters is 1. The molecule has 4 aliphatic carbocycles. The predicted octanol–water partition coefficient (Wildman–Crippen LogP) is 6.08. The summed E-state index contributed by atoms with van der Waals surface area (Å²) in [5.41, 5.74) is 0.811. The van der Waals surface area contributed by atoms with E-state index >= 15 is 0 Å². The number of aliphatic carboxylic acids is 1. The summed E-state index contributed by atoms with van der Waals surface area (Å²) in [6.07, 6.45) is 12.5. The van der Waals surface area contributed by atoms with Crippen LogP contribution in [0.2, 0.25) is 0 Å². The standard InChI is InChI=1S/C26H42O4/c1-16(5-10-24(28)29)21-8-9-22-20-7-6-18-15-19(30-17(2)27)11-13-25(18,3)23(20)12-14-26(21,22)4/h16,18-23H,5-15H2,1-4H3,(H,28,29)/t16?,18-,19?,20?,21?,22?,23?,25+,26-/m1/s1. The average molecular weight is 419 g/mol. The molecule has 0 bridgehead atoms. The number of fused-ring (bicyclic) bond motifs is 5. The fourth-order valence-electron chi connectivity index (χ4n) is 9.09. The third-order valence-corrected chi connectivity index (χ3v) is 10.5. The molecule has 0 aromatic heterocycles. The van der Waals surface area contributed by atoms with Crippen LogP contribution in [0.15, 0.2) is 0 Å². The molecule has 0 radical (unpaired) electrons. The van der Waals surface area contributed by atoms with Crippen LogP contribution in [0, 0.1) is 46.3 Å². The van der Waals surface area contributed by atoms with Crippen LogP contribution >= 0.6 is 0 Å². The molecular formula is C26H42O4. The molecule has 4 heteroatoms. The Bertz CT molecular complexity index is 674. The zero-order valence-electron chi connectivity index (χ0n) is 19.5. The van der Waals surface area contributed by atoms with E-state index in [-0.39, 0.29) is 12.1 Å². The van der Waals surface area contributed by atoms with E-state index in [2.05, 4.69) is 20.8 Å². The first-order valence-corrected chi connectivity index (χ1v) is 12.5.